The second-order valence-corrected chi connectivity index (χ2v) is 9.68. The van der Waals surface area contributed by atoms with Crippen LogP contribution in [0.25, 0.3) is 11.2 Å². The van der Waals surface area contributed by atoms with E-state index in [9.17, 15) is 24.9 Å². The number of carbonyl (C=O) groups is 2. The normalized spacial score (nSPS) is 25.2. The highest BCUT2D eigenvalue weighted by atomic mass is 16.6. The van der Waals surface area contributed by atoms with Crippen molar-refractivity contribution in [3.63, 3.8) is 0 Å². The van der Waals surface area contributed by atoms with E-state index in [1.807, 2.05) is 4.90 Å². The average Bonchev–Trinajstić information content (AvgIpc) is 3.48. The molecule has 15 nitrogen and oxygen atoms in total. The molecule has 0 unspecified atom stereocenters. The van der Waals surface area contributed by atoms with Crippen LogP contribution in [0.1, 0.15) is 31.9 Å². The zero-order valence-electron chi connectivity index (χ0n) is 22.0. The molecular weight excluding hydrogens is 510 g/mol. The standard InChI is InChI=1S/C24H39N9O6/c34-16(32-12-10-26-8-6-25-7-9-27-11-13-32)4-2-1-3-5-28-23(38)20-18(35)19(36)24(39-20)33-15-31-17-21(33)29-14-30-22(17)37/h14-15,18-20,24-27,35-36H,1-13H2,(H,28,38)(H,29,30,37)/t18-,19+,20-,24+/m0/s1. The minimum Gasteiger partial charge on any atom is -0.492 e. The molecule has 0 spiro atoms. The number of amides is 2. The smallest absolute Gasteiger partial charge is 0.252 e. The third kappa shape index (κ3) is 7.58. The van der Waals surface area contributed by atoms with Crippen molar-refractivity contribution in [2.24, 2.45) is 0 Å². The zero-order valence-corrected chi connectivity index (χ0v) is 22.0. The summed E-state index contributed by atoms with van der Waals surface area (Å²) in [6.07, 6.45) is -0.261. The number of nitrogens with zero attached hydrogens (tertiary/aromatic N) is 5. The van der Waals surface area contributed by atoms with Gasteiger partial charge in [-0.25, -0.2) is 9.97 Å². The molecule has 0 saturated carbocycles. The van der Waals surface area contributed by atoms with Gasteiger partial charge in [0.1, 0.15) is 18.5 Å². The topological polar surface area (TPSA) is 199 Å². The van der Waals surface area contributed by atoms with Crippen LogP contribution in [0.3, 0.4) is 0 Å². The van der Waals surface area contributed by atoms with E-state index in [1.165, 1.54) is 10.9 Å². The average molecular weight is 550 g/mol. The molecule has 0 radical (unpaired) electrons. The summed E-state index contributed by atoms with van der Waals surface area (Å²) < 4.78 is 7.02. The lowest BCUT2D eigenvalue weighted by Gasteiger charge is -2.24. The molecule has 2 aromatic heterocycles. The summed E-state index contributed by atoms with van der Waals surface area (Å²) >= 11 is 0. The molecule has 216 valence electrons. The molecule has 2 amide bonds. The molecule has 4 atom stereocenters. The lowest BCUT2D eigenvalue weighted by molar-refractivity contribution is -0.137. The maximum Gasteiger partial charge on any atom is 0.252 e. The predicted octanol–water partition coefficient (Wildman–Crippen LogP) is -2.56. The van der Waals surface area contributed by atoms with Crippen LogP contribution in [0.2, 0.25) is 0 Å². The van der Waals surface area contributed by atoms with E-state index in [1.54, 1.807) is 0 Å². The van der Waals surface area contributed by atoms with Crippen molar-refractivity contribution >= 4 is 23.0 Å². The lowest BCUT2D eigenvalue weighted by atomic mass is 10.1. The summed E-state index contributed by atoms with van der Waals surface area (Å²) in [7, 11) is 0. The third-order valence-corrected chi connectivity index (χ3v) is 6.90. The Balaban J connectivity index is 1.17. The summed E-state index contributed by atoms with van der Waals surface area (Å²) in [6.45, 7) is 6.78. The Labute approximate surface area is 226 Å². The number of unbranched alkanes of at least 4 members (excludes halogenated alkanes) is 2. The maximum atomic E-state index is 12.7. The number of carbonyl (C=O) groups excluding carboxylic acids is 2. The van der Waals surface area contributed by atoms with Crippen LogP contribution < -0.4 is 21.3 Å². The van der Waals surface area contributed by atoms with E-state index in [2.05, 4.69) is 36.2 Å². The summed E-state index contributed by atoms with van der Waals surface area (Å²) in [5.41, 5.74) is 0.315. The lowest BCUT2D eigenvalue weighted by Crippen LogP contribution is -2.44. The van der Waals surface area contributed by atoms with Crippen molar-refractivity contribution < 1.29 is 29.6 Å². The number of fused-ring (bicyclic) bond motifs is 1. The zero-order chi connectivity index (χ0) is 27.6. The highest BCUT2D eigenvalue weighted by Crippen LogP contribution is 2.32. The van der Waals surface area contributed by atoms with Gasteiger partial charge in [0.25, 0.3) is 5.91 Å². The highest BCUT2D eigenvalue weighted by molar-refractivity contribution is 5.82. The second kappa shape index (κ2) is 14.4. The van der Waals surface area contributed by atoms with Gasteiger partial charge in [-0.05, 0) is 12.8 Å². The summed E-state index contributed by atoms with van der Waals surface area (Å²) in [4.78, 5) is 39.0. The fraction of sp³-hybridized carbons (Fsp3) is 0.708. The van der Waals surface area contributed by atoms with Gasteiger partial charge in [-0.1, -0.05) is 6.42 Å². The number of ether oxygens (including phenoxy) is 1. The Kier molecular flexibility index (Phi) is 10.8. The first-order chi connectivity index (χ1) is 19.0. The van der Waals surface area contributed by atoms with Crippen molar-refractivity contribution in [2.45, 2.75) is 50.2 Å². The highest BCUT2D eigenvalue weighted by Gasteiger charge is 2.47. The molecule has 15 heteroatoms. The number of imidazole rings is 1. The van der Waals surface area contributed by atoms with Gasteiger partial charge >= 0.3 is 0 Å². The van der Waals surface area contributed by atoms with Crippen LogP contribution in [0, 0.1) is 0 Å². The van der Waals surface area contributed by atoms with Crippen molar-refractivity contribution in [1.82, 2.24) is 45.7 Å². The van der Waals surface area contributed by atoms with Crippen LogP contribution in [0.4, 0.5) is 0 Å². The van der Waals surface area contributed by atoms with Gasteiger partial charge in [-0.2, -0.15) is 4.98 Å². The number of aromatic hydroxyl groups is 1. The Morgan fingerprint density at radius 3 is 2.36 bits per heavy atom. The van der Waals surface area contributed by atoms with E-state index in [0.717, 1.165) is 52.0 Å². The molecule has 2 aliphatic heterocycles. The second-order valence-electron chi connectivity index (χ2n) is 9.68. The third-order valence-electron chi connectivity index (χ3n) is 6.90. The maximum absolute atomic E-state index is 12.7. The molecule has 2 aliphatic rings. The van der Waals surface area contributed by atoms with Gasteiger partial charge in [0.15, 0.2) is 23.5 Å². The van der Waals surface area contributed by atoms with E-state index < -0.39 is 30.4 Å². The Hall–Kier alpha value is -2.95. The van der Waals surface area contributed by atoms with E-state index >= 15 is 0 Å². The Bertz CT molecular complexity index is 1070. The molecule has 0 aromatic carbocycles. The summed E-state index contributed by atoms with van der Waals surface area (Å²) in [6, 6.07) is 0. The molecule has 0 aliphatic carbocycles. The van der Waals surface area contributed by atoms with Crippen molar-refractivity contribution in [3.8, 4) is 5.88 Å². The van der Waals surface area contributed by atoms with Crippen LogP contribution in [-0.2, 0) is 14.3 Å². The molecule has 2 aromatic rings. The van der Waals surface area contributed by atoms with Gasteiger partial charge in [0, 0.05) is 65.3 Å². The number of hydrogen-bond acceptors (Lipinski definition) is 12. The molecule has 39 heavy (non-hydrogen) atoms. The minimum absolute atomic E-state index is 0.114. The van der Waals surface area contributed by atoms with Gasteiger partial charge in [0.2, 0.25) is 11.8 Å². The SMILES string of the molecule is O=C(NCCCCCC(=O)N1CCNCCNCCNCC1)[C@H]1O[C@@H](n2cnc3c(O)ncnc32)[C@H](O)[C@@H]1O. The quantitative estimate of drug-likeness (QED) is 0.170. The van der Waals surface area contributed by atoms with E-state index in [-0.39, 0.29) is 23.0 Å². The van der Waals surface area contributed by atoms with E-state index in [4.69, 9.17) is 4.74 Å². The fourth-order valence-corrected chi connectivity index (χ4v) is 4.70. The van der Waals surface area contributed by atoms with Crippen molar-refractivity contribution in [3.05, 3.63) is 12.7 Å². The molecule has 2 saturated heterocycles. The minimum atomic E-state index is -1.46. The number of aromatic nitrogens is 4. The number of aliphatic hydroxyl groups is 2. The van der Waals surface area contributed by atoms with Crippen LogP contribution in [-0.4, -0.2) is 129 Å². The molecular formula is C24H39N9O6. The van der Waals surface area contributed by atoms with Crippen LogP contribution >= 0.6 is 0 Å². The number of aliphatic hydroxyl groups excluding tert-OH is 2. The molecule has 4 rings (SSSR count). The van der Waals surface area contributed by atoms with Gasteiger partial charge in [0.05, 0.1) is 6.33 Å². The molecule has 2 fully saturated rings. The number of hydrogen-bond donors (Lipinski definition) is 7. The largest absolute Gasteiger partial charge is 0.492 e. The number of nitrogens with one attached hydrogen (secondary N) is 4. The van der Waals surface area contributed by atoms with Crippen molar-refractivity contribution in [2.75, 3.05) is 58.9 Å². The van der Waals surface area contributed by atoms with Crippen molar-refractivity contribution in [1.29, 1.82) is 0 Å². The molecule has 0 bridgehead atoms. The van der Waals surface area contributed by atoms with E-state index in [0.29, 0.717) is 38.9 Å². The van der Waals surface area contributed by atoms with Gasteiger partial charge in [-0.3, -0.25) is 14.2 Å². The summed E-state index contributed by atoms with van der Waals surface area (Å²) in [5, 5.41) is 43.6. The number of rotatable bonds is 8. The van der Waals surface area contributed by atoms with Crippen LogP contribution in [0.15, 0.2) is 12.7 Å². The molecule has 4 heterocycles. The fourth-order valence-electron chi connectivity index (χ4n) is 4.70. The molecule has 7 N–H and O–H groups in total. The van der Waals surface area contributed by atoms with Gasteiger partial charge < -0.3 is 46.2 Å². The van der Waals surface area contributed by atoms with Crippen LogP contribution in [0.5, 0.6) is 5.88 Å². The Morgan fingerprint density at radius 2 is 1.64 bits per heavy atom. The van der Waals surface area contributed by atoms with Gasteiger partial charge in [-0.15, -0.1) is 0 Å². The predicted molar refractivity (Wildman–Crippen MR) is 140 cm³/mol. The summed E-state index contributed by atoms with van der Waals surface area (Å²) in [5.74, 6) is -0.740. The first kappa shape index (κ1) is 29.0. The monoisotopic (exact) mass is 549 g/mol. The Morgan fingerprint density at radius 1 is 0.949 bits per heavy atom. The first-order valence-electron chi connectivity index (χ1n) is 13.5. The first-order valence-corrected chi connectivity index (χ1v) is 13.5.